The predicted molar refractivity (Wildman–Crippen MR) is 93.4 cm³/mol. The number of nitrogens with zero attached hydrogens (tertiary/aromatic N) is 2. The third-order valence-electron chi connectivity index (χ3n) is 3.56. The van der Waals surface area contributed by atoms with Crippen LogP contribution in [0.5, 0.6) is 0 Å². The highest BCUT2D eigenvalue weighted by Gasteiger charge is 2.17. The topological polar surface area (TPSA) is 109 Å². The summed E-state index contributed by atoms with van der Waals surface area (Å²) in [4.78, 5) is 35.2. The molecule has 8 nitrogen and oxygen atoms in total. The first-order valence-electron chi connectivity index (χ1n) is 7.69. The Kier molecular flexibility index (Phi) is 4.60. The number of urea groups is 1. The van der Waals surface area contributed by atoms with Crippen LogP contribution in [0, 0.1) is 0 Å². The van der Waals surface area contributed by atoms with Crippen molar-refractivity contribution in [3.63, 3.8) is 0 Å². The average Bonchev–Trinajstić information content (AvgIpc) is 3.03. The summed E-state index contributed by atoms with van der Waals surface area (Å²) in [7, 11) is 1.31. The number of carbonyl (C=O) groups excluding carboxylic acids is 2. The highest BCUT2D eigenvalue weighted by atomic mass is 16.5. The van der Waals surface area contributed by atoms with Crippen molar-refractivity contribution in [2.75, 3.05) is 19.0 Å². The molecule has 0 fully saturated rings. The smallest absolute Gasteiger partial charge is 0.340 e. The first-order valence-corrected chi connectivity index (χ1v) is 7.69. The number of hydrogen-bond donors (Lipinski definition) is 3. The number of carbonyl (C=O) groups is 2. The van der Waals surface area contributed by atoms with Gasteiger partial charge < -0.3 is 15.0 Å². The van der Waals surface area contributed by atoms with Gasteiger partial charge in [-0.25, -0.2) is 14.6 Å². The van der Waals surface area contributed by atoms with Gasteiger partial charge in [0.1, 0.15) is 5.52 Å². The molecule has 2 heterocycles. The summed E-state index contributed by atoms with van der Waals surface area (Å²) in [5.74, 6) is -0.263. The molecule has 0 aliphatic carbocycles. The molecule has 25 heavy (non-hydrogen) atoms. The SMILES string of the molecule is CCNC(=O)Nc1nc2c(C(=O)OC)cc(-c3cccnc3)cc2[nH]1. The molecule has 0 saturated carbocycles. The van der Waals surface area contributed by atoms with Crippen LogP contribution in [0.3, 0.4) is 0 Å². The first-order chi connectivity index (χ1) is 12.1. The van der Waals surface area contributed by atoms with Crippen LogP contribution in [0.25, 0.3) is 22.2 Å². The molecule has 2 aromatic heterocycles. The van der Waals surface area contributed by atoms with Gasteiger partial charge in [-0.1, -0.05) is 6.07 Å². The van der Waals surface area contributed by atoms with Crippen LogP contribution in [0.1, 0.15) is 17.3 Å². The van der Waals surface area contributed by atoms with E-state index < -0.39 is 5.97 Å². The molecule has 128 valence electrons. The molecule has 0 atom stereocenters. The lowest BCUT2D eigenvalue weighted by Gasteiger charge is -2.05. The fourth-order valence-electron chi connectivity index (χ4n) is 2.45. The van der Waals surface area contributed by atoms with Gasteiger partial charge in [-0.3, -0.25) is 10.3 Å². The van der Waals surface area contributed by atoms with E-state index in [1.807, 2.05) is 25.1 Å². The quantitative estimate of drug-likeness (QED) is 0.633. The molecule has 2 amide bonds. The Morgan fingerprint density at radius 2 is 2.12 bits per heavy atom. The minimum absolute atomic E-state index is 0.245. The zero-order valence-corrected chi connectivity index (χ0v) is 13.8. The van der Waals surface area contributed by atoms with Gasteiger partial charge in [-0.15, -0.1) is 0 Å². The van der Waals surface area contributed by atoms with Crippen molar-refractivity contribution >= 4 is 29.0 Å². The van der Waals surface area contributed by atoms with Gasteiger partial charge in [-0.2, -0.15) is 0 Å². The van der Waals surface area contributed by atoms with E-state index in [4.69, 9.17) is 4.74 Å². The van der Waals surface area contributed by atoms with Crippen LogP contribution in [0.4, 0.5) is 10.7 Å². The van der Waals surface area contributed by atoms with E-state index in [1.54, 1.807) is 18.5 Å². The van der Waals surface area contributed by atoms with E-state index in [-0.39, 0.29) is 12.0 Å². The maximum Gasteiger partial charge on any atom is 0.340 e. The molecule has 0 bridgehead atoms. The third-order valence-corrected chi connectivity index (χ3v) is 3.56. The Balaban J connectivity index is 2.10. The summed E-state index contributed by atoms with van der Waals surface area (Å²) in [6.45, 7) is 2.30. The van der Waals surface area contributed by atoms with Crippen molar-refractivity contribution in [2.24, 2.45) is 0 Å². The Bertz CT molecular complexity index is 921. The monoisotopic (exact) mass is 339 g/mol. The molecule has 0 saturated heterocycles. The van der Waals surface area contributed by atoms with Crippen molar-refractivity contribution in [3.05, 3.63) is 42.2 Å². The molecule has 0 aliphatic rings. The van der Waals surface area contributed by atoms with Crippen LogP contribution in [-0.4, -0.2) is 40.6 Å². The minimum atomic E-state index is -0.508. The van der Waals surface area contributed by atoms with Gasteiger partial charge in [0.15, 0.2) is 0 Å². The standard InChI is InChI=1S/C17H17N5O3/c1-3-19-17(24)22-16-20-13-8-11(10-5-4-6-18-9-10)7-12(14(13)21-16)15(23)25-2/h4-9H,3H2,1-2H3,(H3,19,20,21,22,24). The first kappa shape index (κ1) is 16.4. The summed E-state index contributed by atoms with van der Waals surface area (Å²) < 4.78 is 4.86. The van der Waals surface area contributed by atoms with Crippen molar-refractivity contribution < 1.29 is 14.3 Å². The van der Waals surface area contributed by atoms with Crippen LogP contribution in [-0.2, 0) is 4.74 Å². The third kappa shape index (κ3) is 3.42. The van der Waals surface area contributed by atoms with Crippen LogP contribution < -0.4 is 10.6 Å². The number of methoxy groups -OCH3 is 1. The maximum atomic E-state index is 12.2. The normalized spacial score (nSPS) is 10.5. The van der Waals surface area contributed by atoms with Gasteiger partial charge in [0, 0.05) is 24.5 Å². The van der Waals surface area contributed by atoms with E-state index in [1.165, 1.54) is 7.11 Å². The lowest BCUT2D eigenvalue weighted by Crippen LogP contribution is -2.28. The van der Waals surface area contributed by atoms with Gasteiger partial charge in [0.25, 0.3) is 0 Å². The second-order valence-corrected chi connectivity index (χ2v) is 5.22. The van der Waals surface area contributed by atoms with Gasteiger partial charge in [0.2, 0.25) is 5.95 Å². The van der Waals surface area contributed by atoms with Gasteiger partial charge in [-0.05, 0) is 30.7 Å². The number of H-pyrrole nitrogens is 1. The number of anilines is 1. The Morgan fingerprint density at radius 1 is 1.28 bits per heavy atom. The minimum Gasteiger partial charge on any atom is -0.465 e. The number of nitrogens with one attached hydrogen (secondary N) is 3. The Morgan fingerprint density at radius 3 is 2.80 bits per heavy atom. The zero-order chi connectivity index (χ0) is 17.8. The number of ether oxygens (including phenoxy) is 1. The van der Waals surface area contributed by atoms with E-state index in [2.05, 4.69) is 25.6 Å². The highest BCUT2D eigenvalue weighted by molar-refractivity contribution is 6.05. The Hall–Kier alpha value is -3.42. The van der Waals surface area contributed by atoms with Crippen molar-refractivity contribution in [2.45, 2.75) is 6.92 Å². The number of hydrogen-bond acceptors (Lipinski definition) is 5. The largest absolute Gasteiger partial charge is 0.465 e. The summed E-state index contributed by atoms with van der Waals surface area (Å²) in [6.07, 6.45) is 3.38. The summed E-state index contributed by atoms with van der Waals surface area (Å²) in [6, 6.07) is 6.86. The predicted octanol–water partition coefficient (Wildman–Crippen LogP) is 2.55. The molecule has 0 aliphatic heterocycles. The number of amides is 2. The van der Waals surface area contributed by atoms with E-state index in [9.17, 15) is 9.59 Å². The van der Waals surface area contributed by atoms with Crippen molar-refractivity contribution in [1.82, 2.24) is 20.3 Å². The molecular weight excluding hydrogens is 322 g/mol. The molecule has 3 N–H and O–H groups in total. The van der Waals surface area contributed by atoms with E-state index in [0.29, 0.717) is 23.1 Å². The molecule has 0 spiro atoms. The van der Waals surface area contributed by atoms with Crippen molar-refractivity contribution in [3.8, 4) is 11.1 Å². The zero-order valence-electron chi connectivity index (χ0n) is 13.8. The molecule has 8 heteroatoms. The van der Waals surface area contributed by atoms with Crippen LogP contribution in [0.15, 0.2) is 36.7 Å². The summed E-state index contributed by atoms with van der Waals surface area (Å²) >= 11 is 0. The Labute approximate surface area is 143 Å². The van der Waals surface area contributed by atoms with E-state index in [0.717, 1.165) is 11.1 Å². The number of aromatic nitrogens is 3. The maximum absolute atomic E-state index is 12.2. The van der Waals surface area contributed by atoms with Crippen LogP contribution in [0.2, 0.25) is 0 Å². The van der Waals surface area contributed by atoms with Gasteiger partial charge >= 0.3 is 12.0 Å². The second kappa shape index (κ2) is 7.00. The number of aromatic amines is 1. The molecule has 0 radical (unpaired) electrons. The van der Waals surface area contributed by atoms with E-state index >= 15 is 0 Å². The lowest BCUT2D eigenvalue weighted by atomic mass is 10.0. The number of fused-ring (bicyclic) bond motifs is 1. The second-order valence-electron chi connectivity index (χ2n) is 5.22. The molecule has 1 aromatic carbocycles. The van der Waals surface area contributed by atoms with Crippen LogP contribution >= 0.6 is 0 Å². The fourth-order valence-corrected chi connectivity index (χ4v) is 2.45. The van der Waals surface area contributed by atoms with Crippen molar-refractivity contribution in [1.29, 1.82) is 0 Å². The number of pyridine rings is 1. The molecule has 0 unspecified atom stereocenters. The number of imidazole rings is 1. The number of benzene rings is 1. The fraction of sp³-hybridized carbons (Fsp3) is 0.176. The lowest BCUT2D eigenvalue weighted by molar-refractivity contribution is 0.0603. The molecule has 3 rings (SSSR count). The molecular formula is C17H17N5O3. The number of rotatable bonds is 4. The average molecular weight is 339 g/mol. The van der Waals surface area contributed by atoms with Gasteiger partial charge in [0.05, 0.1) is 18.2 Å². The molecule has 3 aromatic rings. The summed E-state index contributed by atoms with van der Waals surface area (Å²) in [5.41, 5.74) is 2.97. The highest BCUT2D eigenvalue weighted by Crippen LogP contribution is 2.27. The summed E-state index contributed by atoms with van der Waals surface area (Å²) in [5, 5.41) is 5.21. The number of esters is 1.